The Morgan fingerprint density at radius 1 is 0.968 bits per heavy atom. The van der Waals surface area contributed by atoms with Crippen LogP contribution in [0.15, 0.2) is 77.3 Å². The van der Waals surface area contributed by atoms with Crippen LogP contribution in [0, 0.1) is 6.92 Å². The highest BCUT2D eigenvalue weighted by molar-refractivity contribution is 6.08. The molecule has 0 spiro atoms. The van der Waals surface area contributed by atoms with Crippen LogP contribution in [0.5, 0.6) is 0 Å². The van der Waals surface area contributed by atoms with E-state index in [4.69, 9.17) is 4.42 Å². The van der Waals surface area contributed by atoms with Crippen molar-refractivity contribution in [2.75, 3.05) is 10.6 Å². The fourth-order valence-electron chi connectivity index (χ4n) is 3.12. The van der Waals surface area contributed by atoms with Gasteiger partial charge in [0.15, 0.2) is 5.76 Å². The molecule has 4 aromatic rings. The van der Waals surface area contributed by atoms with Crippen molar-refractivity contribution in [2.45, 2.75) is 20.3 Å². The van der Waals surface area contributed by atoms with E-state index in [-0.39, 0.29) is 11.8 Å². The molecule has 0 bridgehead atoms. The van der Waals surface area contributed by atoms with Crippen LogP contribution in [0.2, 0.25) is 0 Å². The molecule has 0 saturated carbocycles. The zero-order valence-electron chi connectivity index (χ0n) is 17.3. The van der Waals surface area contributed by atoms with Gasteiger partial charge in [0.05, 0.1) is 11.3 Å². The molecule has 0 fully saturated rings. The zero-order chi connectivity index (χ0) is 21.8. The van der Waals surface area contributed by atoms with E-state index in [9.17, 15) is 9.59 Å². The third-order valence-corrected chi connectivity index (χ3v) is 4.68. The first-order chi connectivity index (χ1) is 15.0. The van der Waals surface area contributed by atoms with Gasteiger partial charge in [0.2, 0.25) is 5.91 Å². The maximum absolute atomic E-state index is 13.2. The Bertz CT molecular complexity index is 1220. The van der Waals surface area contributed by atoms with Gasteiger partial charge in [-0.25, -0.2) is 4.68 Å². The molecule has 0 aliphatic heterocycles. The van der Waals surface area contributed by atoms with Crippen molar-refractivity contribution in [1.82, 2.24) is 9.78 Å². The molecule has 2 aromatic heterocycles. The van der Waals surface area contributed by atoms with Gasteiger partial charge in [-0.3, -0.25) is 9.59 Å². The molecule has 0 atom stereocenters. The first-order valence-corrected chi connectivity index (χ1v) is 9.96. The Balaban J connectivity index is 1.66. The van der Waals surface area contributed by atoms with E-state index in [1.807, 2.05) is 43.3 Å². The van der Waals surface area contributed by atoms with E-state index >= 15 is 0 Å². The Hall–Kier alpha value is -4.13. The summed E-state index contributed by atoms with van der Waals surface area (Å²) in [5.41, 5.74) is 2.83. The Kier molecular flexibility index (Phi) is 5.66. The minimum atomic E-state index is -0.329. The summed E-state index contributed by atoms with van der Waals surface area (Å²) in [5.74, 6) is 0.824. The number of hydrogen-bond donors (Lipinski definition) is 2. The summed E-state index contributed by atoms with van der Waals surface area (Å²) < 4.78 is 7.38. The average Bonchev–Trinajstić information content (AvgIpc) is 3.41. The molecule has 2 N–H and O–H groups in total. The Labute approximate surface area is 179 Å². The van der Waals surface area contributed by atoms with Gasteiger partial charge >= 0.3 is 0 Å². The lowest BCUT2D eigenvalue weighted by atomic mass is 10.2. The monoisotopic (exact) mass is 414 g/mol. The topological polar surface area (TPSA) is 89.2 Å². The number of para-hydroxylation sites is 1. The number of furan rings is 1. The normalized spacial score (nSPS) is 10.6. The molecule has 2 heterocycles. The fourth-order valence-corrected chi connectivity index (χ4v) is 3.12. The summed E-state index contributed by atoms with van der Waals surface area (Å²) in [7, 11) is 0. The van der Waals surface area contributed by atoms with Gasteiger partial charge in [-0.15, -0.1) is 0 Å². The number of aryl methyl sites for hydroxylation is 1. The second kappa shape index (κ2) is 8.71. The molecule has 31 heavy (non-hydrogen) atoms. The van der Waals surface area contributed by atoms with Crippen molar-refractivity contribution < 1.29 is 14.0 Å². The van der Waals surface area contributed by atoms with Crippen molar-refractivity contribution in [3.05, 3.63) is 84.3 Å². The summed E-state index contributed by atoms with van der Waals surface area (Å²) in [6.07, 6.45) is 2.06. The van der Waals surface area contributed by atoms with E-state index < -0.39 is 0 Å². The van der Waals surface area contributed by atoms with Crippen LogP contribution in [0.1, 0.15) is 29.5 Å². The molecule has 4 rings (SSSR count). The number of anilines is 2. The van der Waals surface area contributed by atoms with E-state index in [0.29, 0.717) is 34.8 Å². The van der Waals surface area contributed by atoms with Gasteiger partial charge in [-0.2, -0.15) is 5.10 Å². The van der Waals surface area contributed by atoms with E-state index in [1.165, 1.54) is 0 Å². The lowest BCUT2D eigenvalue weighted by molar-refractivity contribution is -0.115. The van der Waals surface area contributed by atoms with E-state index in [1.54, 1.807) is 48.1 Å². The number of nitrogens with one attached hydrogen (secondary N) is 2. The van der Waals surface area contributed by atoms with Gasteiger partial charge in [0.25, 0.3) is 5.91 Å². The van der Waals surface area contributed by atoms with Crippen LogP contribution in [-0.2, 0) is 4.79 Å². The smallest absolute Gasteiger partial charge is 0.259 e. The highest BCUT2D eigenvalue weighted by atomic mass is 16.3. The van der Waals surface area contributed by atoms with E-state index in [0.717, 1.165) is 11.4 Å². The number of carbonyl (C=O) groups excluding carboxylic acids is 2. The predicted octanol–water partition coefficient (Wildman–Crippen LogP) is 5.04. The highest BCUT2D eigenvalue weighted by Gasteiger charge is 2.21. The quantitative estimate of drug-likeness (QED) is 0.462. The maximum Gasteiger partial charge on any atom is 0.259 e. The van der Waals surface area contributed by atoms with Gasteiger partial charge < -0.3 is 15.1 Å². The average molecular weight is 414 g/mol. The number of benzene rings is 2. The number of hydrogen-bond acceptors (Lipinski definition) is 4. The molecule has 7 heteroatoms. The molecule has 2 aromatic carbocycles. The number of aromatic nitrogens is 2. The van der Waals surface area contributed by atoms with Crippen LogP contribution in [-0.4, -0.2) is 21.6 Å². The number of carbonyl (C=O) groups is 2. The summed E-state index contributed by atoms with van der Waals surface area (Å²) in [4.78, 5) is 24.8. The molecule has 0 radical (unpaired) electrons. The van der Waals surface area contributed by atoms with Crippen molar-refractivity contribution in [2.24, 2.45) is 0 Å². The van der Waals surface area contributed by atoms with Crippen LogP contribution in [0.25, 0.3) is 17.1 Å². The van der Waals surface area contributed by atoms with Crippen molar-refractivity contribution >= 4 is 23.2 Å². The lowest BCUT2D eigenvalue weighted by Gasteiger charge is -2.08. The molecule has 0 saturated heterocycles. The second-order valence-corrected chi connectivity index (χ2v) is 7.02. The highest BCUT2D eigenvalue weighted by Crippen LogP contribution is 2.27. The minimum absolute atomic E-state index is 0.0944. The van der Waals surface area contributed by atoms with Gasteiger partial charge in [-0.1, -0.05) is 31.2 Å². The van der Waals surface area contributed by atoms with Gasteiger partial charge in [-0.05, 0) is 49.4 Å². The van der Waals surface area contributed by atoms with Crippen molar-refractivity contribution in [3.63, 3.8) is 0 Å². The Morgan fingerprint density at radius 2 is 1.71 bits per heavy atom. The number of amides is 2. The summed E-state index contributed by atoms with van der Waals surface area (Å²) in [5, 5.41) is 10.3. The summed E-state index contributed by atoms with van der Waals surface area (Å²) in [6, 6.07) is 20.2. The minimum Gasteiger partial charge on any atom is -0.460 e. The largest absolute Gasteiger partial charge is 0.460 e. The van der Waals surface area contributed by atoms with Gasteiger partial charge in [0.1, 0.15) is 11.5 Å². The number of nitrogens with zero attached hydrogens (tertiary/aromatic N) is 2. The molecule has 156 valence electrons. The standard InChI is InChI=1S/C24H22N4O3/c1-3-22(29)25-17-8-7-9-18(14-17)26-24(30)20-15-28(19-10-5-4-6-11-19)27-23(20)21-13-12-16(2)31-21/h4-15H,3H2,1-2H3,(H,25,29)(H,26,30). The van der Waals surface area contributed by atoms with Crippen LogP contribution >= 0.6 is 0 Å². The van der Waals surface area contributed by atoms with Gasteiger partial charge in [0, 0.05) is 24.0 Å². The molecule has 2 amide bonds. The Morgan fingerprint density at radius 3 is 2.39 bits per heavy atom. The first kappa shape index (κ1) is 20.2. The van der Waals surface area contributed by atoms with Crippen molar-refractivity contribution in [3.8, 4) is 17.1 Å². The van der Waals surface area contributed by atoms with E-state index in [2.05, 4.69) is 15.7 Å². The summed E-state index contributed by atoms with van der Waals surface area (Å²) in [6.45, 7) is 3.62. The lowest BCUT2D eigenvalue weighted by Crippen LogP contribution is -2.13. The second-order valence-electron chi connectivity index (χ2n) is 7.02. The fraction of sp³-hybridized carbons (Fsp3) is 0.125. The first-order valence-electron chi connectivity index (χ1n) is 9.96. The zero-order valence-corrected chi connectivity index (χ0v) is 17.3. The third kappa shape index (κ3) is 4.56. The van der Waals surface area contributed by atoms with Crippen molar-refractivity contribution in [1.29, 1.82) is 0 Å². The molecular formula is C24H22N4O3. The molecule has 7 nitrogen and oxygen atoms in total. The summed E-state index contributed by atoms with van der Waals surface area (Å²) >= 11 is 0. The molecular weight excluding hydrogens is 392 g/mol. The molecule has 0 unspecified atom stereocenters. The molecule has 0 aliphatic rings. The third-order valence-electron chi connectivity index (χ3n) is 4.68. The molecule has 0 aliphatic carbocycles. The predicted molar refractivity (Wildman–Crippen MR) is 119 cm³/mol. The maximum atomic E-state index is 13.2. The van der Waals surface area contributed by atoms with Crippen LogP contribution in [0.4, 0.5) is 11.4 Å². The van der Waals surface area contributed by atoms with Crippen LogP contribution < -0.4 is 10.6 Å². The number of rotatable bonds is 6. The SMILES string of the molecule is CCC(=O)Nc1cccc(NC(=O)c2cn(-c3ccccc3)nc2-c2ccc(C)o2)c1. The van der Waals surface area contributed by atoms with Crippen LogP contribution in [0.3, 0.4) is 0 Å².